The summed E-state index contributed by atoms with van der Waals surface area (Å²) in [6.07, 6.45) is 3.10. The summed E-state index contributed by atoms with van der Waals surface area (Å²) in [5.74, 6) is 0. The van der Waals surface area contributed by atoms with Gasteiger partial charge in [-0.1, -0.05) is 22.0 Å². The number of nitrogens with zero attached hydrogens (tertiary/aromatic N) is 1. The standard InChI is InChI=1S/C10H8BrNO/c1-7-9-6-12(13)5-4-8(9)2-3-10(7)11/h2-6H,1H3. The monoisotopic (exact) mass is 237 g/mol. The van der Waals surface area contributed by atoms with E-state index in [-0.39, 0.29) is 0 Å². The van der Waals surface area contributed by atoms with Gasteiger partial charge in [0.25, 0.3) is 0 Å². The average molecular weight is 238 g/mol. The average Bonchev–Trinajstić information content (AvgIpc) is 2.12. The SMILES string of the molecule is Cc1c(Br)ccc2cc[n+]([O-])cc12. The highest BCUT2D eigenvalue weighted by atomic mass is 79.9. The molecule has 0 saturated carbocycles. The molecule has 0 saturated heterocycles. The molecule has 2 rings (SSSR count). The molecule has 2 nitrogen and oxygen atoms in total. The van der Waals surface area contributed by atoms with Crippen LogP contribution in [0.2, 0.25) is 0 Å². The third kappa shape index (κ3) is 1.40. The van der Waals surface area contributed by atoms with Gasteiger partial charge in [0.15, 0.2) is 12.4 Å². The molecule has 0 amide bonds. The second-order valence-electron chi connectivity index (χ2n) is 2.98. The summed E-state index contributed by atoms with van der Waals surface area (Å²) in [5, 5.41) is 13.1. The van der Waals surface area contributed by atoms with E-state index < -0.39 is 0 Å². The Balaban J connectivity index is 2.89. The van der Waals surface area contributed by atoms with Crippen molar-refractivity contribution in [3.8, 4) is 0 Å². The lowest BCUT2D eigenvalue weighted by Crippen LogP contribution is -2.23. The van der Waals surface area contributed by atoms with E-state index in [1.165, 1.54) is 6.20 Å². The van der Waals surface area contributed by atoms with E-state index in [0.717, 1.165) is 25.5 Å². The van der Waals surface area contributed by atoms with Gasteiger partial charge < -0.3 is 5.21 Å². The van der Waals surface area contributed by atoms with Crippen LogP contribution in [-0.4, -0.2) is 0 Å². The molecular weight excluding hydrogens is 230 g/mol. The second-order valence-corrected chi connectivity index (χ2v) is 3.83. The van der Waals surface area contributed by atoms with E-state index >= 15 is 0 Å². The Morgan fingerprint density at radius 2 is 2.08 bits per heavy atom. The summed E-state index contributed by atoms with van der Waals surface area (Å²) in [5.41, 5.74) is 1.10. The Morgan fingerprint density at radius 3 is 2.85 bits per heavy atom. The van der Waals surface area contributed by atoms with Gasteiger partial charge in [-0.15, -0.1) is 0 Å². The van der Waals surface area contributed by atoms with Crippen LogP contribution in [0.3, 0.4) is 0 Å². The van der Waals surface area contributed by atoms with Crippen molar-refractivity contribution in [2.24, 2.45) is 0 Å². The van der Waals surface area contributed by atoms with Crippen molar-refractivity contribution in [1.29, 1.82) is 0 Å². The van der Waals surface area contributed by atoms with Crippen LogP contribution in [-0.2, 0) is 0 Å². The molecule has 0 spiro atoms. The van der Waals surface area contributed by atoms with Gasteiger partial charge in [-0.2, -0.15) is 4.73 Å². The Labute approximate surface area is 84.5 Å². The highest BCUT2D eigenvalue weighted by Crippen LogP contribution is 2.23. The fraction of sp³-hybridized carbons (Fsp3) is 0.100. The summed E-state index contributed by atoms with van der Waals surface area (Å²) in [7, 11) is 0. The van der Waals surface area contributed by atoms with E-state index in [9.17, 15) is 5.21 Å². The van der Waals surface area contributed by atoms with Gasteiger partial charge in [0.05, 0.1) is 5.39 Å². The number of hydrogen-bond acceptors (Lipinski definition) is 1. The number of fused-ring (bicyclic) bond motifs is 1. The number of aryl methyl sites for hydroxylation is 1. The number of pyridine rings is 1. The molecule has 66 valence electrons. The third-order valence-corrected chi connectivity index (χ3v) is 3.00. The summed E-state index contributed by atoms with van der Waals surface area (Å²) in [4.78, 5) is 0. The van der Waals surface area contributed by atoms with Crippen molar-refractivity contribution < 1.29 is 4.73 Å². The maximum atomic E-state index is 11.0. The van der Waals surface area contributed by atoms with Crippen molar-refractivity contribution in [3.63, 3.8) is 0 Å². The third-order valence-electron chi connectivity index (χ3n) is 2.14. The topological polar surface area (TPSA) is 26.9 Å². The quantitative estimate of drug-likeness (QED) is 0.511. The first-order chi connectivity index (χ1) is 6.18. The van der Waals surface area contributed by atoms with E-state index in [1.807, 2.05) is 25.1 Å². The highest BCUT2D eigenvalue weighted by Gasteiger charge is 2.03. The van der Waals surface area contributed by atoms with Crippen LogP contribution < -0.4 is 4.73 Å². The van der Waals surface area contributed by atoms with Gasteiger partial charge >= 0.3 is 0 Å². The normalized spacial score (nSPS) is 10.6. The lowest BCUT2D eigenvalue weighted by atomic mass is 10.1. The van der Waals surface area contributed by atoms with Crippen LogP contribution in [0.4, 0.5) is 0 Å². The number of aromatic nitrogens is 1. The van der Waals surface area contributed by atoms with Crippen LogP contribution in [0.15, 0.2) is 35.1 Å². The lowest BCUT2D eigenvalue weighted by molar-refractivity contribution is -0.603. The van der Waals surface area contributed by atoms with Crippen LogP contribution in [0, 0.1) is 12.1 Å². The number of benzene rings is 1. The molecule has 0 aliphatic rings. The van der Waals surface area contributed by atoms with Crippen LogP contribution in [0.1, 0.15) is 5.56 Å². The minimum atomic E-state index is 0.821. The van der Waals surface area contributed by atoms with E-state index in [1.54, 1.807) is 6.20 Å². The zero-order valence-electron chi connectivity index (χ0n) is 7.12. The summed E-state index contributed by atoms with van der Waals surface area (Å²) in [6.45, 7) is 1.99. The maximum Gasteiger partial charge on any atom is 0.188 e. The molecule has 0 radical (unpaired) electrons. The first-order valence-electron chi connectivity index (χ1n) is 3.96. The Morgan fingerprint density at radius 1 is 1.31 bits per heavy atom. The lowest BCUT2D eigenvalue weighted by Gasteiger charge is -2.03. The van der Waals surface area contributed by atoms with Crippen molar-refractivity contribution in [3.05, 3.63) is 45.8 Å². The molecule has 0 atom stereocenters. The number of hydrogen-bond donors (Lipinski definition) is 0. The fourth-order valence-electron chi connectivity index (χ4n) is 1.36. The van der Waals surface area contributed by atoms with Crippen LogP contribution in [0.25, 0.3) is 10.8 Å². The summed E-state index contributed by atoms with van der Waals surface area (Å²) >= 11 is 3.43. The predicted molar refractivity (Wildman–Crippen MR) is 55.3 cm³/mol. The van der Waals surface area contributed by atoms with Gasteiger partial charge in [-0.05, 0) is 23.9 Å². The van der Waals surface area contributed by atoms with Crippen molar-refractivity contribution in [2.75, 3.05) is 0 Å². The van der Waals surface area contributed by atoms with Crippen LogP contribution >= 0.6 is 15.9 Å². The van der Waals surface area contributed by atoms with E-state index in [0.29, 0.717) is 0 Å². The zero-order chi connectivity index (χ0) is 9.42. The zero-order valence-corrected chi connectivity index (χ0v) is 8.71. The van der Waals surface area contributed by atoms with Crippen molar-refractivity contribution in [2.45, 2.75) is 6.92 Å². The number of halogens is 1. The van der Waals surface area contributed by atoms with Crippen molar-refractivity contribution in [1.82, 2.24) is 0 Å². The Bertz CT molecular complexity index is 462. The van der Waals surface area contributed by atoms with Gasteiger partial charge in [0.1, 0.15) is 0 Å². The smallest absolute Gasteiger partial charge is 0.188 e. The molecule has 0 N–H and O–H groups in total. The van der Waals surface area contributed by atoms with Gasteiger partial charge in [0.2, 0.25) is 0 Å². The summed E-state index contributed by atoms with van der Waals surface area (Å²) in [6, 6.07) is 5.81. The molecule has 1 aromatic heterocycles. The Kier molecular flexibility index (Phi) is 1.96. The minimum Gasteiger partial charge on any atom is -0.619 e. The Hall–Kier alpha value is -1.09. The summed E-state index contributed by atoms with van der Waals surface area (Å²) < 4.78 is 1.85. The van der Waals surface area contributed by atoms with Gasteiger partial charge in [-0.3, -0.25) is 0 Å². The molecule has 0 aliphatic heterocycles. The molecule has 0 fully saturated rings. The van der Waals surface area contributed by atoms with Gasteiger partial charge in [0, 0.05) is 10.5 Å². The molecule has 0 bridgehead atoms. The van der Waals surface area contributed by atoms with Gasteiger partial charge in [-0.25, -0.2) is 0 Å². The molecule has 1 aromatic carbocycles. The molecule has 2 aromatic rings. The largest absolute Gasteiger partial charge is 0.619 e. The molecule has 0 unspecified atom stereocenters. The molecule has 13 heavy (non-hydrogen) atoms. The molecule has 1 heterocycles. The fourth-order valence-corrected chi connectivity index (χ4v) is 1.71. The van der Waals surface area contributed by atoms with Crippen molar-refractivity contribution >= 4 is 26.7 Å². The molecule has 3 heteroatoms. The predicted octanol–water partition coefficient (Wildman–Crippen LogP) is 2.54. The maximum absolute atomic E-state index is 11.0. The highest BCUT2D eigenvalue weighted by molar-refractivity contribution is 9.10. The molecular formula is C10H8BrNO. The molecule has 0 aliphatic carbocycles. The first-order valence-corrected chi connectivity index (χ1v) is 4.75. The first kappa shape index (κ1) is 8.51. The van der Waals surface area contributed by atoms with E-state index in [4.69, 9.17) is 0 Å². The second kappa shape index (κ2) is 3.00. The minimum absolute atomic E-state index is 0.821. The van der Waals surface area contributed by atoms with Crippen LogP contribution in [0.5, 0.6) is 0 Å². The van der Waals surface area contributed by atoms with E-state index in [2.05, 4.69) is 15.9 Å². The number of rotatable bonds is 0.